The number of halogens is 2. The van der Waals surface area contributed by atoms with Crippen molar-refractivity contribution in [1.82, 2.24) is 4.90 Å². The molecule has 15 heavy (non-hydrogen) atoms. The largest absolute Gasteiger partial charge is 0.478 e. The highest BCUT2D eigenvalue weighted by Gasteiger charge is 2.26. The van der Waals surface area contributed by atoms with E-state index in [1.54, 1.807) is 19.0 Å². The van der Waals surface area contributed by atoms with E-state index in [2.05, 4.69) is 0 Å². The molecular weight excluding hydrogens is 241 g/mol. The van der Waals surface area contributed by atoms with Crippen molar-refractivity contribution < 1.29 is 14.7 Å². The van der Waals surface area contributed by atoms with Gasteiger partial charge in [0.2, 0.25) is 0 Å². The average molecular weight is 254 g/mol. The van der Waals surface area contributed by atoms with Crippen molar-refractivity contribution in [3.63, 3.8) is 0 Å². The van der Waals surface area contributed by atoms with Crippen LogP contribution in [0.2, 0.25) is 0 Å². The third kappa shape index (κ3) is 5.04. The molecule has 1 atom stereocenters. The second-order valence-corrected chi connectivity index (χ2v) is 4.36. The predicted molar refractivity (Wildman–Crippen MR) is 59.1 cm³/mol. The number of rotatable bonds is 6. The van der Waals surface area contributed by atoms with Gasteiger partial charge in [-0.1, -0.05) is 0 Å². The van der Waals surface area contributed by atoms with Gasteiger partial charge in [0.05, 0.1) is 5.57 Å². The van der Waals surface area contributed by atoms with E-state index < -0.39 is 16.7 Å². The molecule has 0 aromatic heterocycles. The third-order valence-corrected chi connectivity index (χ3v) is 2.31. The zero-order valence-corrected chi connectivity index (χ0v) is 10.00. The molecular formula is C9H13Cl2NO3. The van der Waals surface area contributed by atoms with Gasteiger partial charge < -0.3 is 14.8 Å². The molecule has 0 aromatic carbocycles. The molecule has 4 nitrogen and oxygen atoms in total. The number of nitrogens with zero attached hydrogens (tertiary/aromatic N) is 1. The van der Waals surface area contributed by atoms with Crippen LogP contribution in [0.4, 0.5) is 0 Å². The van der Waals surface area contributed by atoms with Crippen LogP contribution in [0.3, 0.4) is 0 Å². The Morgan fingerprint density at radius 3 is 2.27 bits per heavy atom. The zero-order chi connectivity index (χ0) is 12.0. The quantitative estimate of drug-likeness (QED) is 0.443. The first-order chi connectivity index (χ1) is 6.90. The Balaban J connectivity index is 5.00. The number of carbonyl (C=O) groups excluding carboxylic acids is 1. The first-order valence-electron chi connectivity index (χ1n) is 4.23. The van der Waals surface area contributed by atoms with Gasteiger partial charge >= 0.3 is 5.97 Å². The molecule has 0 radical (unpaired) electrons. The Labute approximate surface area is 98.5 Å². The smallest absolute Gasteiger partial charge is 0.333 e. The highest BCUT2D eigenvalue weighted by Crippen LogP contribution is 2.26. The number of aldehydes is 1. The second-order valence-electron chi connectivity index (χ2n) is 3.20. The van der Waals surface area contributed by atoms with Gasteiger partial charge in [-0.15, -0.1) is 23.2 Å². The predicted octanol–water partition coefficient (Wildman–Crippen LogP) is 1.53. The van der Waals surface area contributed by atoms with Crippen LogP contribution < -0.4 is 0 Å². The lowest BCUT2D eigenvalue weighted by Gasteiger charge is -2.18. The van der Waals surface area contributed by atoms with Gasteiger partial charge in [0.1, 0.15) is 11.1 Å². The maximum absolute atomic E-state index is 10.9. The maximum Gasteiger partial charge on any atom is 0.333 e. The molecule has 86 valence electrons. The molecule has 0 rings (SSSR count). The number of carboxylic acid groups (broad SMARTS) is 1. The summed E-state index contributed by atoms with van der Waals surface area (Å²) in [6, 6.07) is 0. The summed E-state index contributed by atoms with van der Waals surface area (Å²) in [5.41, 5.74) is 0.0297. The molecule has 1 N–H and O–H groups in total. The Kier molecular flexibility index (Phi) is 6.36. The minimum absolute atomic E-state index is 0.0103. The van der Waals surface area contributed by atoms with E-state index in [1.165, 1.54) is 6.20 Å². The van der Waals surface area contributed by atoms with Gasteiger partial charge in [0.15, 0.2) is 0 Å². The summed E-state index contributed by atoms with van der Waals surface area (Å²) in [6.07, 6.45) is 1.99. The first-order valence-corrected chi connectivity index (χ1v) is 5.10. The fraction of sp³-hybridized carbons (Fsp3) is 0.556. The summed E-state index contributed by atoms with van der Waals surface area (Å²) in [6.45, 7) is 0. The van der Waals surface area contributed by atoms with E-state index in [0.717, 1.165) is 0 Å². The SMILES string of the molecule is CN(C)C=C(C(=O)O)C(CC=O)C(Cl)Cl. The summed E-state index contributed by atoms with van der Waals surface area (Å²) in [5.74, 6) is -1.81. The molecule has 0 aromatic rings. The van der Waals surface area contributed by atoms with Gasteiger partial charge in [-0.2, -0.15) is 0 Å². The molecule has 1 unspecified atom stereocenters. The summed E-state index contributed by atoms with van der Waals surface area (Å²) in [5, 5.41) is 8.94. The highest BCUT2D eigenvalue weighted by atomic mass is 35.5. The summed E-state index contributed by atoms with van der Waals surface area (Å²) >= 11 is 11.3. The van der Waals surface area contributed by atoms with Crippen LogP contribution in [0.1, 0.15) is 6.42 Å². The third-order valence-electron chi connectivity index (χ3n) is 1.70. The van der Waals surface area contributed by atoms with Crippen molar-refractivity contribution in [2.45, 2.75) is 11.3 Å². The number of carboxylic acids is 1. The number of aliphatic carboxylic acids is 1. The minimum atomic E-state index is -1.12. The van der Waals surface area contributed by atoms with Crippen LogP contribution in [0.5, 0.6) is 0 Å². The highest BCUT2D eigenvalue weighted by molar-refractivity contribution is 6.44. The lowest BCUT2D eigenvalue weighted by atomic mass is 9.98. The van der Waals surface area contributed by atoms with Crippen LogP contribution in [-0.4, -0.2) is 41.2 Å². The van der Waals surface area contributed by atoms with E-state index in [-0.39, 0.29) is 12.0 Å². The van der Waals surface area contributed by atoms with Gasteiger partial charge in [-0.25, -0.2) is 4.79 Å². The fourth-order valence-corrected chi connectivity index (χ4v) is 1.53. The molecule has 0 bridgehead atoms. The van der Waals surface area contributed by atoms with Crippen molar-refractivity contribution in [3.8, 4) is 0 Å². The molecule has 0 spiro atoms. The summed E-state index contributed by atoms with van der Waals surface area (Å²) < 4.78 is 0. The van der Waals surface area contributed by atoms with Crippen molar-refractivity contribution >= 4 is 35.5 Å². The van der Waals surface area contributed by atoms with Crippen LogP contribution in [0.25, 0.3) is 0 Å². The molecule has 0 aliphatic heterocycles. The van der Waals surface area contributed by atoms with E-state index in [1.807, 2.05) is 0 Å². The topological polar surface area (TPSA) is 57.6 Å². The molecule has 0 aliphatic carbocycles. The van der Waals surface area contributed by atoms with E-state index in [9.17, 15) is 9.59 Å². The molecule has 0 aliphatic rings. The molecule has 0 heterocycles. The zero-order valence-electron chi connectivity index (χ0n) is 8.48. The first kappa shape index (κ1) is 14.3. The fourth-order valence-electron chi connectivity index (χ4n) is 1.06. The van der Waals surface area contributed by atoms with Crippen LogP contribution in [0, 0.1) is 5.92 Å². The van der Waals surface area contributed by atoms with Gasteiger partial charge in [0.25, 0.3) is 0 Å². The van der Waals surface area contributed by atoms with E-state index in [0.29, 0.717) is 6.29 Å². The van der Waals surface area contributed by atoms with E-state index in [4.69, 9.17) is 28.3 Å². The van der Waals surface area contributed by atoms with Gasteiger partial charge in [-0.3, -0.25) is 0 Å². The second kappa shape index (κ2) is 6.69. The van der Waals surface area contributed by atoms with Crippen molar-refractivity contribution in [3.05, 3.63) is 11.8 Å². The number of hydrogen-bond donors (Lipinski definition) is 1. The Hall–Kier alpha value is -0.740. The average Bonchev–Trinajstić information content (AvgIpc) is 2.09. The monoisotopic (exact) mass is 253 g/mol. The van der Waals surface area contributed by atoms with Crippen LogP contribution in [-0.2, 0) is 9.59 Å². The summed E-state index contributed by atoms with van der Waals surface area (Å²) in [7, 11) is 3.36. The van der Waals surface area contributed by atoms with Crippen molar-refractivity contribution in [1.29, 1.82) is 0 Å². The minimum Gasteiger partial charge on any atom is -0.478 e. The Bertz CT molecular complexity index is 264. The molecule has 0 saturated carbocycles. The standard InChI is InChI=1S/C9H13Cl2NO3/c1-12(2)5-7(9(14)15)6(3-4-13)8(10)11/h4-6,8H,3H2,1-2H3,(H,14,15). The van der Waals surface area contributed by atoms with Crippen LogP contribution in [0.15, 0.2) is 11.8 Å². The molecule has 0 saturated heterocycles. The normalized spacial score (nSPS) is 13.8. The van der Waals surface area contributed by atoms with Crippen molar-refractivity contribution in [2.75, 3.05) is 14.1 Å². The van der Waals surface area contributed by atoms with Crippen molar-refractivity contribution in [2.24, 2.45) is 5.92 Å². The summed E-state index contributed by atoms with van der Waals surface area (Å²) in [4.78, 5) is 22.0. The Morgan fingerprint density at radius 1 is 1.47 bits per heavy atom. The molecule has 0 fully saturated rings. The van der Waals surface area contributed by atoms with E-state index >= 15 is 0 Å². The maximum atomic E-state index is 10.9. The lowest BCUT2D eigenvalue weighted by molar-refractivity contribution is -0.133. The molecule has 0 amide bonds. The van der Waals surface area contributed by atoms with Gasteiger partial charge in [-0.05, 0) is 0 Å². The number of hydrogen-bond acceptors (Lipinski definition) is 3. The van der Waals surface area contributed by atoms with Crippen LogP contribution >= 0.6 is 23.2 Å². The molecule has 6 heteroatoms. The van der Waals surface area contributed by atoms with Gasteiger partial charge in [0, 0.05) is 32.6 Å². The Morgan fingerprint density at radius 2 is 2.00 bits per heavy atom. The lowest BCUT2D eigenvalue weighted by Crippen LogP contribution is -2.21. The number of carbonyl (C=O) groups is 2. The number of alkyl halides is 2.